The minimum Gasteiger partial charge on any atom is -0.352 e. The Morgan fingerprint density at radius 2 is 2.19 bits per heavy atom. The van der Waals surface area contributed by atoms with Crippen LogP contribution in [0.5, 0.6) is 0 Å². The second kappa shape index (κ2) is 8.41. The Morgan fingerprint density at radius 1 is 1.35 bits per heavy atom. The van der Waals surface area contributed by atoms with Gasteiger partial charge < -0.3 is 10.2 Å². The average molecular weight is 355 g/mol. The van der Waals surface area contributed by atoms with E-state index in [1.54, 1.807) is 30.5 Å². The molecule has 1 unspecified atom stereocenters. The summed E-state index contributed by atoms with van der Waals surface area (Å²) in [5, 5.41) is 3.03. The van der Waals surface area contributed by atoms with Crippen LogP contribution in [-0.2, 0) is 0 Å². The lowest BCUT2D eigenvalue weighted by molar-refractivity contribution is 0.0922. The first-order valence-corrected chi connectivity index (χ1v) is 9.27. The summed E-state index contributed by atoms with van der Waals surface area (Å²) in [6.07, 6.45) is 3.89. The molecule has 138 valence electrons. The molecule has 2 heterocycles. The molecular formula is C21H26FN3O. The van der Waals surface area contributed by atoms with Gasteiger partial charge in [-0.15, -0.1) is 0 Å². The van der Waals surface area contributed by atoms with Crippen molar-refractivity contribution in [2.24, 2.45) is 5.92 Å². The predicted octanol–water partition coefficient (Wildman–Crippen LogP) is 3.74. The third-order valence-corrected chi connectivity index (χ3v) is 4.98. The van der Waals surface area contributed by atoms with Gasteiger partial charge in [0.2, 0.25) is 0 Å². The summed E-state index contributed by atoms with van der Waals surface area (Å²) in [4.78, 5) is 19.2. The Labute approximate surface area is 154 Å². The summed E-state index contributed by atoms with van der Waals surface area (Å²) in [6.45, 7) is 7.30. The van der Waals surface area contributed by atoms with Crippen molar-refractivity contribution in [1.82, 2.24) is 15.2 Å². The number of hydrogen-bond donors (Lipinski definition) is 1. The highest BCUT2D eigenvalue weighted by atomic mass is 19.1. The summed E-state index contributed by atoms with van der Waals surface area (Å²) in [7, 11) is 0. The van der Waals surface area contributed by atoms with Gasteiger partial charge in [-0.25, -0.2) is 4.39 Å². The van der Waals surface area contributed by atoms with E-state index in [0.717, 1.165) is 19.5 Å². The fraction of sp³-hybridized carbons (Fsp3) is 0.429. The maximum atomic E-state index is 13.3. The van der Waals surface area contributed by atoms with E-state index in [4.69, 9.17) is 0 Å². The van der Waals surface area contributed by atoms with Crippen molar-refractivity contribution in [1.29, 1.82) is 0 Å². The molecule has 1 aliphatic heterocycles. The smallest absolute Gasteiger partial charge is 0.252 e. The van der Waals surface area contributed by atoms with Crippen LogP contribution in [-0.4, -0.2) is 41.5 Å². The first kappa shape index (κ1) is 18.5. The number of likely N-dealkylation sites (tertiary alicyclic amines) is 1. The van der Waals surface area contributed by atoms with Crippen LogP contribution in [0.2, 0.25) is 0 Å². The number of carbonyl (C=O) groups is 1. The Kier molecular flexibility index (Phi) is 5.99. The van der Waals surface area contributed by atoms with E-state index in [9.17, 15) is 9.18 Å². The van der Waals surface area contributed by atoms with E-state index in [1.165, 1.54) is 18.6 Å². The Morgan fingerprint density at radius 3 is 2.88 bits per heavy atom. The van der Waals surface area contributed by atoms with Crippen molar-refractivity contribution in [2.75, 3.05) is 19.6 Å². The normalized spacial score (nSPS) is 18.1. The molecule has 1 saturated heterocycles. The fourth-order valence-corrected chi connectivity index (χ4v) is 3.42. The zero-order chi connectivity index (χ0) is 18.5. The molecule has 0 aliphatic carbocycles. The number of halogens is 1. The maximum Gasteiger partial charge on any atom is 0.252 e. The van der Waals surface area contributed by atoms with Gasteiger partial charge in [-0.05, 0) is 63.4 Å². The molecule has 4 nitrogen and oxygen atoms in total. The van der Waals surface area contributed by atoms with E-state index in [0.29, 0.717) is 35.3 Å². The SMILES string of the molecule is CC(C)N1CCCC(CNC(=O)c2ccc(-c3cccc(F)c3)nc2)C1. The van der Waals surface area contributed by atoms with Crippen LogP contribution in [0.3, 0.4) is 0 Å². The van der Waals surface area contributed by atoms with Gasteiger partial charge >= 0.3 is 0 Å². The van der Waals surface area contributed by atoms with Gasteiger partial charge in [0.15, 0.2) is 0 Å². The van der Waals surface area contributed by atoms with E-state index in [1.807, 2.05) is 0 Å². The van der Waals surface area contributed by atoms with Crippen molar-refractivity contribution in [3.63, 3.8) is 0 Å². The Bertz CT molecular complexity index is 745. The number of nitrogens with one attached hydrogen (secondary N) is 1. The van der Waals surface area contributed by atoms with Crippen LogP contribution in [0.25, 0.3) is 11.3 Å². The molecule has 1 fully saturated rings. The number of nitrogens with zero attached hydrogens (tertiary/aromatic N) is 2. The number of amides is 1. The van der Waals surface area contributed by atoms with Crippen LogP contribution in [0.4, 0.5) is 4.39 Å². The molecule has 1 N–H and O–H groups in total. The van der Waals surface area contributed by atoms with Gasteiger partial charge in [0, 0.05) is 30.9 Å². The van der Waals surface area contributed by atoms with E-state index in [2.05, 4.69) is 29.0 Å². The summed E-state index contributed by atoms with van der Waals surface area (Å²) in [5.74, 6) is 0.0913. The maximum absolute atomic E-state index is 13.3. The lowest BCUT2D eigenvalue weighted by atomic mass is 9.97. The summed E-state index contributed by atoms with van der Waals surface area (Å²) >= 11 is 0. The van der Waals surface area contributed by atoms with Crippen molar-refractivity contribution in [2.45, 2.75) is 32.7 Å². The van der Waals surface area contributed by atoms with E-state index in [-0.39, 0.29) is 11.7 Å². The van der Waals surface area contributed by atoms with Gasteiger partial charge in [-0.1, -0.05) is 12.1 Å². The molecule has 0 bridgehead atoms. The molecule has 1 atom stereocenters. The van der Waals surface area contributed by atoms with Crippen LogP contribution < -0.4 is 5.32 Å². The number of pyridine rings is 1. The lowest BCUT2D eigenvalue weighted by Crippen LogP contribution is -2.43. The number of hydrogen-bond acceptors (Lipinski definition) is 3. The standard InChI is InChI=1S/C21H26FN3O/c1-15(2)25-10-4-5-16(14-25)12-24-21(26)18-8-9-20(23-13-18)17-6-3-7-19(22)11-17/h3,6-9,11,13,15-16H,4-5,10,12,14H2,1-2H3,(H,24,26). The summed E-state index contributed by atoms with van der Waals surface area (Å²) in [6, 6.07) is 10.3. The quantitative estimate of drug-likeness (QED) is 0.889. The fourth-order valence-electron chi connectivity index (χ4n) is 3.42. The summed E-state index contributed by atoms with van der Waals surface area (Å²) < 4.78 is 13.3. The predicted molar refractivity (Wildman–Crippen MR) is 101 cm³/mol. The monoisotopic (exact) mass is 355 g/mol. The Hall–Kier alpha value is -2.27. The molecule has 1 aromatic carbocycles. The third-order valence-electron chi connectivity index (χ3n) is 4.98. The van der Waals surface area contributed by atoms with Gasteiger partial charge in [0.05, 0.1) is 11.3 Å². The second-order valence-electron chi connectivity index (χ2n) is 7.25. The molecule has 0 spiro atoms. The van der Waals surface area contributed by atoms with Crippen molar-refractivity contribution in [3.8, 4) is 11.3 Å². The van der Waals surface area contributed by atoms with Crippen LogP contribution in [0, 0.1) is 11.7 Å². The topological polar surface area (TPSA) is 45.2 Å². The molecule has 1 aromatic heterocycles. The highest BCUT2D eigenvalue weighted by Gasteiger charge is 2.22. The van der Waals surface area contributed by atoms with Gasteiger partial charge in [-0.2, -0.15) is 0 Å². The molecule has 26 heavy (non-hydrogen) atoms. The number of rotatable bonds is 5. The lowest BCUT2D eigenvalue weighted by Gasteiger charge is -2.35. The first-order chi connectivity index (χ1) is 12.5. The summed E-state index contributed by atoms with van der Waals surface area (Å²) in [5.41, 5.74) is 1.88. The molecule has 3 rings (SSSR count). The van der Waals surface area contributed by atoms with E-state index >= 15 is 0 Å². The molecular weight excluding hydrogens is 329 g/mol. The van der Waals surface area contributed by atoms with Crippen LogP contribution in [0.1, 0.15) is 37.0 Å². The number of piperidine rings is 1. The molecule has 0 radical (unpaired) electrons. The largest absolute Gasteiger partial charge is 0.352 e. The van der Waals surface area contributed by atoms with Gasteiger partial charge in [0.25, 0.3) is 5.91 Å². The van der Waals surface area contributed by atoms with E-state index < -0.39 is 0 Å². The van der Waals surface area contributed by atoms with Gasteiger partial charge in [-0.3, -0.25) is 9.78 Å². The Balaban J connectivity index is 1.57. The van der Waals surface area contributed by atoms with Crippen molar-refractivity contribution >= 4 is 5.91 Å². The zero-order valence-electron chi connectivity index (χ0n) is 15.4. The zero-order valence-corrected chi connectivity index (χ0v) is 15.4. The number of carbonyl (C=O) groups excluding carboxylic acids is 1. The number of benzene rings is 1. The third kappa shape index (κ3) is 4.67. The van der Waals surface area contributed by atoms with Crippen molar-refractivity contribution in [3.05, 3.63) is 54.0 Å². The highest BCUT2D eigenvalue weighted by molar-refractivity contribution is 5.94. The minimum absolute atomic E-state index is 0.107. The molecule has 1 amide bonds. The van der Waals surface area contributed by atoms with Crippen LogP contribution in [0.15, 0.2) is 42.6 Å². The van der Waals surface area contributed by atoms with Crippen LogP contribution >= 0.6 is 0 Å². The second-order valence-corrected chi connectivity index (χ2v) is 7.25. The van der Waals surface area contributed by atoms with Crippen molar-refractivity contribution < 1.29 is 9.18 Å². The highest BCUT2D eigenvalue weighted by Crippen LogP contribution is 2.19. The number of aromatic nitrogens is 1. The molecule has 1 aliphatic rings. The first-order valence-electron chi connectivity index (χ1n) is 9.27. The molecule has 2 aromatic rings. The molecule has 0 saturated carbocycles. The molecule has 5 heteroatoms. The average Bonchev–Trinajstić information content (AvgIpc) is 2.66. The van der Waals surface area contributed by atoms with Gasteiger partial charge in [0.1, 0.15) is 5.82 Å². The minimum atomic E-state index is -0.297.